The molecule has 0 radical (unpaired) electrons. The van der Waals surface area contributed by atoms with Gasteiger partial charge in [-0.05, 0) is 29.6 Å². The quantitative estimate of drug-likeness (QED) is 0.777. The topological polar surface area (TPSA) is 73.0 Å². The van der Waals surface area contributed by atoms with Crippen molar-refractivity contribution in [2.45, 2.75) is 13.5 Å². The fourth-order valence-corrected chi connectivity index (χ4v) is 1.95. The number of carbonyl (C=O) groups is 1. The summed E-state index contributed by atoms with van der Waals surface area (Å²) in [7, 11) is 0. The standard InChI is InChI=1S/C13H12N4O2/c1-9-13(16-19-15-9)14-12(18)8-17-7-6-10-4-2-3-5-11(10)17/h2-7H,8H2,1H3,(H,14,16,18). The van der Waals surface area contributed by atoms with Crippen LogP contribution in [0.5, 0.6) is 0 Å². The number of rotatable bonds is 3. The smallest absolute Gasteiger partial charge is 0.245 e. The van der Waals surface area contributed by atoms with Crippen LogP contribution >= 0.6 is 0 Å². The Hall–Kier alpha value is -2.63. The molecule has 3 aromatic rings. The molecule has 0 fully saturated rings. The van der Waals surface area contributed by atoms with Crippen LogP contribution in [-0.4, -0.2) is 20.8 Å². The number of benzene rings is 1. The van der Waals surface area contributed by atoms with Crippen LogP contribution in [-0.2, 0) is 11.3 Å². The van der Waals surface area contributed by atoms with Gasteiger partial charge in [-0.3, -0.25) is 4.79 Å². The summed E-state index contributed by atoms with van der Waals surface area (Å²) < 4.78 is 6.41. The molecule has 1 aromatic carbocycles. The largest absolute Gasteiger partial charge is 0.338 e. The average Bonchev–Trinajstić information content (AvgIpc) is 2.98. The number of anilines is 1. The summed E-state index contributed by atoms with van der Waals surface area (Å²) in [4.78, 5) is 11.9. The molecule has 0 saturated heterocycles. The molecule has 6 heteroatoms. The van der Waals surface area contributed by atoms with Crippen molar-refractivity contribution in [2.24, 2.45) is 0 Å². The van der Waals surface area contributed by atoms with Crippen molar-refractivity contribution in [3.05, 3.63) is 42.2 Å². The Labute approximate surface area is 109 Å². The van der Waals surface area contributed by atoms with Gasteiger partial charge in [0.05, 0.1) is 0 Å². The van der Waals surface area contributed by atoms with Crippen LogP contribution < -0.4 is 5.32 Å². The summed E-state index contributed by atoms with van der Waals surface area (Å²) in [5.41, 5.74) is 1.58. The maximum absolute atomic E-state index is 11.9. The van der Waals surface area contributed by atoms with E-state index in [2.05, 4.69) is 20.3 Å². The fraction of sp³-hybridized carbons (Fsp3) is 0.154. The molecule has 0 aliphatic carbocycles. The first kappa shape index (κ1) is 11.5. The average molecular weight is 256 g/mol. The number of aryl methyl sites for hydroxylation is 1. The van der Waals surface area contributed by atoms with Crippen LogP contribution in [0.1, 0.15) is 5.69 Å². The third-order valence-electron chi connectivity index (χ3n) is 2.90. The van der Waals surface area contributed by atoms with E-state index in [0.29, 0.717) is 11.5 Å². The molecule has 0 spiro atoms. The van der Waals surface area contributed by atoms with Crippen LogP contribution in [0.4, 0.5) is 5.82 Å². The lowest BCUT2D eigenvalue weighted by molar-refractivity contribution is -0.116. The number of amides is 1. The van der Waals surface area contributed by atoms with Crippen molar-refractivity contribution in [1.82, 2.24) is 14.9 Å². The summed E-state index contributed by atoms with van der Waals surface area (Å²) in [6, 6.07) is 9.88. The second-order valence-corrected chi connectivity index (χ2v) is 4.25. The summed E-state index contributed by atoms with van der Waals surface area (Å²) in [5, 5.41) is 11.0. The lowest BCUT2D eigenvalue weighted by atomic mass is 10.2. The van der Waals surface area contributed by atoms with Crippen molar-refractivity contribution in [1.29, 1.82) is 0 Å². The molecule has 1 amide bonds. The van der Waals surface area contributed by atoms with Gasteiger partial charge in [-0.1, -0.05) is 23.4 Å². The first-order chi connectivity index (χ1) is 9.24. The Morgan fingerprint density at radius 3 is 2.95 bits per heavy atom. The van der Waals surface area contributed by atoms with Gasteiger partial charge in [-0.25, -0.2) is 4.63 Å². The number of hydrogen-bond acceptors (Lipinski definition) is 4. The SMILES string of the molecule is Cc1nonc1NC(=O)Cn1ccc2ccccc21. The summed E-state index contributed by atoms with van der Waals surface area (Å²) >= 11 is 0. The van der Waals surface area contributed by atoms with Gasteiger partial charge < -0.3 is 9.88 Å². The van der Waals surface area contributed by atoms with E-state index in [4.69, 9.17) is 0 Å². The van der Waals surface area contributed by atoms with Crippen LogP contribution in [0.3, 0.4) is 0 Å². The maximum atomic E-state index is 11.9. The second-order valence-electron chi connectivity index (χ2n) is 4.25. The van der Waals surface area contributed by atoms with Crippen molar-refractivity contribution in [2.75, 3.05) is 5.32 Å². The van der Waals surface area contributed by atoms with E-state index in [1.54, 1.807) is 6.92 Å². The summed E-state index contributed by atoms with van der Waals surface area (Å²) in [6.45, 7) is 1.94. The van der Waals surface area contributed by atoms with Gasteiger partial charge in [0.15, 0.2) is 5.82 Å². The zero-order valence-corrected chi connectivity index (χ0v) is 10.3. The van der Waals surface area contributed by atoms with Crippen molar-refractivity contribution < 1.29 is 9.42 Å². The molecule has 0 aliphatic heterocycles. The molecule has 2 heterocycles. The second kappa shape index (κ2) is 4.56. The van der Waals surface area contributed by atoms with Gasteiger partial charge >= 0.3 is 0 Å². The van der Waals surface area contributed by atoms with Crippen molar-refractivity contribution >= 4 is 22.6 Å². The number of hydrogen-bond donors (Lipinski definition) is 1. The predicted molar refractivity (Wildman–Crippen MR) is 69.6 cm³/mol. The highest BCUT2D eigenvalue weighted by Crippen LogP contribution is 2.15. The molecule has 19 heavy (non-hydrogen) atoms. The number of para-hydroxylation sites is 1. The molecular formula is C13H12N4O2. The van der Waals surface area contributed by atoms with Crippen LogP contribution in [0.25, 0.3) is 10.9 Å². The number of fused-ring (bicyclic) bond motifs is 1. The first-order valence-electron chi connectivity index (χ1n) is 5.87. The van der Waals surface area contributed by atoms with Crippen molar-refractivity contribution in [3.63, 3.8) is 0 Å². The summed E-state index contributed by atoms with van der Waals surface area (Å²) in [6.07, 6.45) is 1.89. The normalized spacial score (nSPS) is 10.8. The molecule has 1 N–H and O–H groups in total. The van der Waals surface area contributed by atoms with E-state index in [9.17, 15) is 4.79 Å². The molecule has 0 unspecified atom stereocenters. The predicted octanol–water partition coefficient (Wildman–Crippen LogP) is 1.97. The number of nitrogens with one attached hydrogen (secondary N) is 1. The Kier molecular flexibility index (Phi) is 2.75. The fourth-order valence-electron chi connectivity index (χ4n) is 1.95. The van der Waals surface area contributed by atoms with Gasteiger partial charge in [-0.2, -0.15) is 0 Å². The van der Waals surface area contributed by atoms with Gasteiger partial charge in [0.2, 0.25) is 5.91 Å². The molecule has 0 bridgehead atoms. The summed E-state index contributed by atoms with van der Waals surface area (Å²) in [5.74, 6) is 0.196. The highest BCUT2D eigenvalue weighted by atomic mass is 16.6. The maximum Gasteiger partial charge on any atom is 0.245 e. The minimum absolute atomic E-state index is 0.167. The Morgan fingerprint density at radius 2 is 2.16 bits per heavy atom. The number of nitrogens with zero attached hydrogens (tertiary/aromatic N) is 3. The third-order valence-corrected chi connectivity index (χ3v) is 2.90. The van der Waals surface area contributed by atoms with Crippen molar-refractivity contribution in [3.8, 4) is 0 Å². The minimum Gasteiger partial charge on any atom is -0.338 e. The van der Waals surface area contributed by atoms with E-state index >= 15 is 0 Å². The molecule has 2 aromatic heterocycles. The highest BCUT2D eigenvalue weighted by Gasteiger charge is 2.10. The molecule has 6 nitrogen and oxygen atoms in total. The lowest BCUT2D eigenvalue weighted by Gasteiger charge is -2.05. The minimum atomic E-state index is -0.167. The molecule has 3 rings (SSSR count). The Bertz CT molecular complexity index is 729. The molecule has 0 aliphatic rings. The van der Waals surface area contributed by atoms with Gasteiger partial charge in [0, 0.05) is 11.7 Å². The van der Waals surface area contributed by atoms with Gasteiger partial charge in [0.25, 0.3) is 0 Å². The molecule has 0 atom stereocenters. The van der Waals surface area contributed by atoms with E-state index in [0.717, 1.165) is 10.9 Å². The van der Waals surface area contributed by atoms with Gasteiger partial charge in [0.1, 0.15) is 12.2 Å². The van der Waals surface area contributed by atoms with Crippen LogP contribution in [0.15, 0.2) is 41.2 Å². The van der Waals surface area contributed by atoms with E-state index < -0.39 is 0 Å². The Morgan fingerprint density at radius 1 is 1.32 bits per heavy atom. The monoisotopic (exact) mass is 256 g/mol. The zero-order valence-electron chi connectivity index (χ0n) is 10.3. The Balaban J connectivity index is 1.78. The van der Waals surface area contributed by atoms with Crippen LogP contribution in [0, 0.1) is 6.92 Å². The van der Waals surface area contributed by atoms with E-state index in [-0.39, 0.29) is 12.5 Å². The molecule has 0 saturated carbocycles. The van der Waals surface area contributed by atoms with Crippen LogP contribution in [0.2, 0.25) is 0 Å². The number of aromatic nitrogens is 3. The first-order valence-corrected chi connectivity index (χ1v) is 5.87. The molecule has 96 valence electrons. The van der Waals surface area contributed by atoms with E-state index in [1.807, 2.05) is 41.1 Å². The zero-order chi connectivity index (χ0) is 13.2. The number of carbonyl (C=O) groups excluding carboxylic acids is 1. The molecular weight excluding hydrogens is 244 g/mol. The highest BCUT2D eigenvalue weighted by molar-refractivity contribution is 5.91. The third kappa shape index (κ3) is 2.20. The van der Waals surface area contributed by atoms with E-state index in [1.165, 1.54) is 0 Å². The van der Waals surface area contributed by atoms with Gasteiger partial charge in [-0.15, -0.1) is 0 Å². The lowest BCUT2D eigenvalue weighted by Crippen LogP contribution is -2.18.